The van der Waals surface area contributed by atoms with Crippen LogP contribution in [0.3, 0.4) is 0 Å². The number of sulfonamides is 1. The van der Waals surface area contributed by atoms with Crippen LogP contribution >= 0.6 is 0 Å². The summed E-state index contributed by atoms with van der Waals surface area (Å²) in [5, 5.41) is 0. The molecule has 0 aromatic heterocycles. The van der Waals surface area contributed by atoms with Gasteiger partial charge in [0.15, 0.2) is 0 Å². The molecule has 2 fully saturated rings. The molecule has 24 heavy (non-hydrogen) atoms. The number of nitrogens with zero attached hydrogens (tertiary/aromatic N) is 2. The Hall–Kier alpha value is -1.73. The highest BCUT2D eigenvalue weighted by molar-refractivity contribution is 7.89. The Balaban J connectivity index is 1.87. The molecule has 2 saturated heterocycles. The van der Waals surface area contributed by atoms with Gasteiger partial charge in [0, 0.05) is 25.9 Å². The van der Waals surface area contributed by atoms with Gasteiger partial charge >= 0.3 is 0 Å². The Morgan fingerprint density at radius 1 is 0.917 bits per heavy atom. The molecule has 0 unspecified atom stereocenters. The third-order valence-corrected chi connectivity index (χ3v) is 7.29. The minimum atomic E-state index is -3.62. The van der Waals surface area contributed by atoms with Crippen molar-refractivity contribution in [1.82, 2.24) is 9.21 Å². The van der Waals surface area contributed by atoms with E-state index in [0.29, 0.717) is 4.90 Å². The zero-order valence-electron chi connectivity index (χ0n) is 14.4. The lowest BCUT2D eigenvalue weighted by Gasteiger charge is -2.42. The van der Waals surface area contributed by atoms with Gasteiger partial charge in [-0.2, -0.15) is 4.31 Å². The summed E-state index contributed by atoms with van der Waals surface area (Å²) in [6.45, 7) is 7.82. The summed E-state index contributed by atoms with van der Waals surface area (Å²) in [5.41, 5.74) is 3.40. The number of carbonyl (C=O) groups is 2. The smallest absolute Gasteiger partial charge is 0.243 e. The van der Waals surface area contributed by atoms with E-state index in [4.69, 9.17) is 0 Å². The van der Waals surface area contributed by atoms with Gasteiger partial charge in [-0.15, -0.1) is 0 Å². The highest BCUT2D eigenvalue weighted by Gasteiger charge is 2.46. The van der Waals surface area contributed by atoms with Crippen LogP contribution in [0.4, 0.5) is 0 Å². The van der Waals surface area contributed by atoms with Crippen LogP contribution in [0.25, 0.3) is 0 Å². The van der Waals surface area contributed by atoms with Crippen LogP contribution in [0.1, 0.15) is 35.1 Å². The third-order valence-electron chi connectivity index (χ3n) is 5.18. The standard InChI is InChI=1S/C17H22N2O4S/c1-10-7-11(2)13(4)17(12(10)3)24(22,23)18-8-14(9-18)19-15(20)5-6-16(19)21/h7,14H,5-6,8-9H2,1-4H3. The van der Waals surface area contributed by atoms with Gasteiger partial charge < -0.3 is 0 Å². The van der Waals surface area contributed by atoms with Crippen molar-refractivity contribution in [2.45, 2.75) is 51.5 Å². The van der Waals surface area contributed by atoms with Gasteiger partial charge in [0.1, 0.15) is 0 Å². The maximum Gasteiger partial charge on any atom is 0.243 e. The Labute approximate surface area is 142 Å². The van der Waals surface area contributed by atoms with Gasteiger partial charge in [0.2, 0.25) is 21.8 Å². The Morgan fingerprint density at radius 3 is 1.83 bits per heavy atom. The predicted octanol–water partition coefficient (Wildman–Crippen LogP) is 1.44. The first-order chi connectivity index (χ1) is 11.1. The molecule has 7 heteroatoms. The zero-order chi connectivity index (χ0) is 17.8. The molecule has 6 nitrogen and oxygen atoms in total. The quantitative estimate of drug-likeness (QED) is 0.773. The lowest BCUT2D eigenvalue weighted by atomic mass is 10.0. The van der Waals surface area contributed by atoms with Crippen molar-refractivity contribution in [3.8, 4) is 0 Å². The van der Waals surface area contributed by atoms with Crippen molar-refractivity contribution in [3.05, 3.63) is 28.3 Å². The number of aryl methyl sites for hydroxylation is 2. The average molecular weight is 350 g/mol. The van der Waals surface area contributed by atoms with Gasteiger partial charge in [-0.05, 0) is 49.9 Å². The highest BCUT2D eigenvalue weighted by atomic mass is 32.2. The van der Waals surface area contributed by atoms with E-state index in [-0.39, 0.29) is 43.8 Å². The van der Waals surface area contributed by atoms with E-state index < -0.39 is 10.0 Å². The topological polar surface area (TPSA) is 74.8 Å². The first-order valence-electron chi connectivity index (χ1n) is 8.07. The number of benzene rings is 1. The second-order valence-corrected chi connectivity index (χ2v) is 8.60. The summed E-state index contributed by atoms with van der Waals surface area (Å²) < 4.78 is 27.4. The summed E-state index contributed by atoms with van der Waals surface area (Å²) in [4.78, 5) is 25.2. The minimum absolute atomic E-state index is 0.186. The van der Waals surface area contributed by atoms with Gasteiger partial charge in [0.05, 0.1) is 10.9 Å². The van der Waals surface area contributed by atoms with Gasteiger partial charge in [-0.3, -0.25) is 14.5 Å². The lowest BCUT2D eigenvalue weighted by Crippen LogP contribution is -2.62. The van der Waals surface area contributed by atoms with Crippen molar-refractivity contribution in [1.29, 1.82) is 0 Å². The van der Waals surface area contributed by atoms with Crippen molar-refractivity contribution in [2.24, 2.45) is 0 Å². The van der Waals surface area contributed by atoms with Crippen LogP contribution in [0.15, 0.2) is 11.0 Å². The van der Waals surface area contributed by atoms with Crippen LogP contribution < -0.4 is 0 Å². The fourth-order valence-electron chi connectivity index (χ4n) is 3.47. The molecule has 2 aliphatic rings. The second-order valence-electron chi connectivity index (χ2n) is 6.72. The molecule has 130 valence electrons. The summed E-state index contributed by atoms with van der Waals surface area (Å²) in [6, 6.07) is 1.67. The number of likely N-dealkylation sites (tertiary alicyclic amines) is 1. The second kappa shape index (κ2) is 5.67. The Kier molecular flexibility index (Phi) is 4.04. The predicted molar refractivity (Wildman–Crippen MR) is 89.0 cm³/mol. The van der Waals surface area contributed by atoms with Crippen molar-refractivity contribution >= 4 is 21.8 Å². The highest BCUT2D eigenvalue weighted by Crippen LogP contribution is 2.32. The van der Waals surface area contributed by atoms with Crippen LogP contribution in [0.5, 0.6) is 0 Å². The number of hydrogen-bond donors (Lipinski definition) is 0. The third kappa shape index (κ3) is 2.46. The number of hydrogen-bond acceptors (Lipinski definition) is 4. The zero-order valence-corrected chi connectivity index (χ0v) is 15.2. The molecule has 2 amide bonds. The lowest BCUT2D eigenvalue weighted by molar-refractivity contribution is -0.143. The molecule has 2 aliphatic heterocycles. The normalized spacial score (nSPS) is 19.9. The Morgan fingerprint density at radius 2 is 1.38 bits per heavy atom. The maximum absolute atomic E-state index is 13.0. The van der Waals surface area contributed by atoms with Crippen LogP contribution in [0.2, 0.25) is 0 Å². The number of amides is 2. The van der Waals surface area contributed by atoms with Crippen LogP contribution in [-0.4, -0.2) is 48.6 Å². The largest absolute Gasteiger partial charge is 0.277 e. The van der Waals surface area contributed by atoms with Gasteiger partial charge in [0.25, 0.3) is 0 Å². The van der Waals surface area contributed by atoms with Crippen LogP contribution in [-0.2, 0) is 19.6 Å². The van der Waals surface area contributed by atoms with E-state index >= 15 is 0 Å². The number of carbonyl (C=O) groups excluding carboxylic acids is 2. The molecule has 0 atom stereocenters. The molecule has 0 bridgehead atoms. The fraction of sp³-hybridized carbons (Fsp3) is 0.529. The number of imide groups is 1. The number of rotatable bonds is 3. The first-order valence-corrected chi connectivity index (χ1v) is 9.51. The molecule has 0 spiro atoms. The van der Waals surface area contributed by atoms with E-state index in [9.17, 15) is 18.0 Å². The van der Waals surface area contributed by atoms with Gasteiger partial charge in [-0.1, -0.05) is 6.07 Å². The molecule has 0 N–H and O–H groups in total. The molecule has 0 saturated carbocycles. The molecule has 0 aliphatic carbocycles. The monoisotopic (exact) mass is 350 g/mol. The SMILES string of the molecule is Cc1cc(C)c(C)c(S(=O)(=O)N2CC(N3C(=O)CCC3=O)C2)c1C. The fourth-order valence-corrected chi connectivity index (χ4v) is 5.56. The summed E-state index contributed by atoms with van der Waals surface area (Å²) >= 11 is 0. The van der Waals surface area contributed by atoms with Crippen molar-refractivity contribution < 1.29 is 18.0 Å². The summed E-state index contributed by atoms with van der Waals surface area (Å²) in [5.74, 6) is -0.387. The Bertz CT molecular complexity index is 796. The summed E-state index contributed by atoms with van der Waals surface area (Å²) in [7, 11) is -3.62. The molecule has 2 heterocycles. The molecule has 3 rings (SSSR count). The van der Waals surface area contributed by atoms with Crippen molar-refractivity contribution in [2.75, 3.05) is 13.1 Å². The summed E-state index contributed by atoms with van der Waals surface area (Å²) in [6.07, 6.45) is 0.467. The average Bonchev–Trinajstić information content (AvgIpc) is 2.75. The first kappa shape index (κ1) is 17.1. The van der Waals surface area contributed by atoms with E-state index in [1.54, 1.807) is 0 Å². The minimum Gasteiger partial charge on any atom is -0.277 e. The van der Waals surface area contributed by atoms with E-state index in [2.05, 4.69) is 0 Å². The molecule has 1 aromatic rings. The van der Waals surface area contributed by atoms with E-state index in [1.807, 2.05) is 33.8 Å². The van der Waals surface area contributed by atoms with Crippen LogP contribution in [0, 0.1) is 27.7 Å². The molecule has 1 aromatic carbocycles. The molecular weight excluding hydrogens is 328 g/mol. The van der Waals surface area contributed by atoms with E-state index in [0.717, 1.165) is 22.3 Å². The van der Waals surface area contributed by atoms with Crippen molar-refractivity contribution in [3.63, 3.8) is 0 Å². The van der Waals surface area contributed by atoms with E-state index in [1.165, 1.54) is 9.21 Å². The maximum atomic E-state index is 13.0. The van der Waals surface area contributed by atoms with Gasteiger partial charge in [-0.25, -0.2) is 8.42 Å². The molecular formula is C17H22N2O4S. The molecule has 0 radical (unpaired) electrons.